The van der Waals surface area contributed by atoms with Gasteiger partial charge in [-0.25, -0.2) is 0 Å². The van der Waals surface area contributed by atoms with Gasteiger partial charge in [-0.15, -0.1) is 12.7 Å². The summed E-state index contributed by atoms with van der Waals surface area (Å²) in [6.45, 7) is 0. The summed E-state index contributed by atoms with van der Waals surface area (Å²) in [7, 11) is 1.76. The van der Waals surface area contributed by atoms with Crippen molar-refractivity contribution in [3.63, 3.8) is 0 Å². The maximum atomic E-state index is 5.44. The van der Waals surface area contributed by atoms with Crippen LogP contribution in [0.5, 0.6) is 0 Å². The van der Waals surface area contributed by atoms with E-state index in [1.165, 1.54) is 0 Å². The molecule has 0 aliphatic carbocycles. The molecule has 10 heavy (non-hydrogen) atoms. The molecule has 0 saturated carbocycles. The zero-order valence-electron chi connectivity index (χ0n) is 6.33. The van der Waals surface area contributed by atoms with E-state index in [-0.39, 0.29) is 51.4 Å². The fourth-order valence-electron chi connectivity index (χ4n) is 0.623. The Morgan fingerprint density at radius 1 is 1.20 bits per heavy atom. The summed E-state index contributed by atoms with van der Waals surface area (Å²) < 4.78 is 0. The van der Waals surface area contributed by atoms with Gasteiger partial charge in [0.25, 0.3) is 0 Å². The van der Waals surface area contributed by atoms with Gasteiger partial charge >= 0.3 is 51.4 Å². The van der Waals surface area contributed by atoms with E-state index < -0.39 is 0 Å². The summed E-state index contributed by atoms with van der Waals surface area (Å²) in [6.07, 6.45) is 0. The van der Waals surface area contributed by atoms with Gasteiger partial charge in [-0.1, -0.05) is 12.1 Å². The van der Waals surface area contributed by atoms with Crippen molar-refractivity contribution < 1.29 is 51.4 Å². The van der Waals surface area contributed by atoms with Gasteiger partial charge in [0.2, 0.25) is 0 Å². The number of nitrogens with zero attached hydrogens (tertiary/aromatic N) is 1. The number of benzene rings is 1. The molecule has 1 aromatic carbocycles. The zero-order chi connectivity index (χ0) is 6.69. The minimum absolute atomic E-state index is 0. The number of nitrogen functional groups attached to an aromatic ring is 1. The van der Waals surface area contributed by atoms with Gasteiger partial charge in [-0.3, -0.25) is 0 Å². The fraction of sp³-hybridized carbons (Fsp3) is 0.143. The largest absolute Gasteiger partial charge is 1.00 e. The molecule has 0 fully saturated rings. The van der Waals surface area contributed by atoms with Crippen LogP contribution in [0.1, 0.15) is 0 Å². The molecule has 0 spiro atoms. The molecule has 0 amide bonds. The standard InChI is InChI=1S/C7H9N2.K/c1-9-7-4-2-6(8)3-5-7;/h2-5H,8H2,1H3;/q-1;+1. The predicted molar refractivity (Wildman–Crippen MR) is 39.8 cm³/mol. The summed E-state index contributed by atoms with van der Waals surface area (Å²) in [5.41, 5.74) is 7.18. The third kappa shape index (κ3) is 3.03. The van der Waals surface area contributed by atoms with Crippen LogP contribution in [0.3, 0.4) is 0 Å². The van der Waals surface area contributed by atoms with Gasteiger partial charge in [-0.05, 0) is 12.1 Å². The third-order valence-corrected chi connectivity index (χ3v) is 1.15. The van der Waals surface area contributed by atoms with Crippen LogP contribution in [0.2, 0.25) is 0 Å². The number of nitrogens with two attached hydrogens (primary N) is 1. The van der Waals surface area contributed by atoms with Crippen LogP contribution in [-0.2, 0) is 0 Å². The predicted octanol–water partition coefficient (Wildman–Crippen LogP) is -1.09. The molecule has 0 heterocycles. The molecular weight excluding hydrogens is 151 g/mol. The van der Waals surface area contributed by atoms with Gasteiger partial charge in [0, 0.05) is 5.69 Å². The van der Waals surface area contributed by atoms with Crippen LogP contribution < -0.4 is 57.1 Å². The molecule has 0 radical (unpaired) electrons. The van der Waals surface area contributed by atoms with Crippen molar-refractivity contribution in [2.45, 2.75) is 0 Å². The zero-order valence-corrected chi connectivity index (χ0v) is 9.46. The van der Waals surface area contributed by atoms with Crippen molar-refractivity contribution in [2.75, 3.05) is 12.8 Å². The van der Waals surface area contributed by atoms with E-state index >= 15 is 0 Å². The van der Waals surface area contributed by atoms with Crippen LogP contribution >= 0.6 is 0 Å². The molecule has 1 aromatic rings. The first-order valence-corrected chi connectivity index (χ1v) is 2.78. The number of rotatable bonds is 1. The van der Waals surface area contributed by atoms with Crippen molar-refractivity contribution in [3.05, 3.63) is 29.6 Å². The molecule has 48 valence electrons. The van der Waals surface area contributed by atoms with E-state index in [1.807, 2.05) is 24.3 Å². The quantitative estimate of drug-likeness (QED) is 0.411. The molecule has 0 aromatic heterocycles. The average Bonchev–Trinajstić information content (AvgIpc) is 1.90. The van der Waals surface area contributed by atoms with Gasteiger partial charge in [0.05, 0.1) is 0 Å². The SMILES string of the molecule is C[N-]c1ccc(N)cc1.[K+]. The Hall–Kier alpha value is 0.456. The Kier molecular flexibility index (Phi) is 5.39. The minimum atomic E-state index is 0. The summed E-state index contributed by atoms with van der Waals surface area (Å²) in [4.78, 5) is 0. The molecule has 2 N–H and O–H groups in total. The van der Waals surface area contributed by atoms with Gasteiger partial charge in [0.1, 0.15) is 0 Å². The van der Waals surface area contributed by atoms with Gasteiger partial charge in [-0.2, -0.15) is 0 Å². The third-order valence-electron chi connectivity index (χ3n) is 1.15. The van der Waals surface area contributed by atoms with E-state index in [0.717, 1.165) is 11.4 Å². The Morgan fingerprint density at radius 3 is 2.10 bits per heavy atom. The minimum Gasteiger partial charge on any atom is -0.687 e. The van der Waals surface area contributed by atoms with Crippen molar-refractivity contribution in [1.29, 1.82) is 0 Å². The van der Waals surface area contributed by atoms with Crippen LogP contribution in [0, 0.1) is 0 Å². The first-order chi connectivity index (χ1) is 4.33. The van der Waals surface area contributed by atoms with Crippen molar-refractivity contribution in [3.8, 4) is 0 Å². The van der Waals surface area contributed by atoms with Crippen molar-refractivity contribution >= 4 is 11.4 Å². The maximum Gasteiger partial charge on any atom is 1.00 e. The van der Waals surface area contributed by atoms with Gasteiger partial charge < -0.3 is 11.1 Å². The van der Waals surface area contributed by atoms with Crippen LogP contribution in [-0.4, -0.2) is 7.05 Å². The van der Waals surface area contributed by atoms with E-state index in [9.17, 15) is 0 Å². The molecule has 0 aliphatic rings. The average molecular weight is 160 g/mol. The van der Waals surface area contributed by atoms with E-state index in [2.05, 4.69) is 5.32 Å². The smallest absolute Gasteiger partial charge is 0.687 e. The number of hydrogen-bond donors (Lipinski definition) is 1. The molecule has 0 aliphatic heterocycles. The molecule has 0 bridgehead atoms. The molecule has 3 heteroatoms. The topological polar surface area (TPSA) is 40.1 Å². The summed E-state index contributed by atoms with van der Waals surface area (Å²) in [6, 6.07) is 7.44. The summed E-state index contributed by atoms with van der Waals surface area (Å²) in [5.74, 6) is 0. The summed E-state index contributed by atoms with van der Waals surface area (Å²) in [5, 5.41) is 3.96. The monoisotopic (exact) mass is 160 g/mol. The molecule has 2 nitrogen and oxygen atoms in total. The second-order valence-electron chi connectivity index (χ2n) is 1.82. The van der Waals surface area contributed by atoms with Crippen LogP contribution in [0.4, 0.5) is 11.4 Å². The number of hydrogen-bond acceptors (Lipinski definition) is 1. The van der Waals surface area contributed by atoms with E-state index in [4.69, 9.17) is 5.73 Å². The molecule has 0 atom stereocenters. The van der Waals surface area contributed by atoms with E-state index in [0.29, 0.717) is 0 Å². The Morgan fingerprint density at radius 2 is 1.70 bits per heavy atom. The number of anilines is 1. The van der Waals surface area contributed by atoms with Crippen molar-refractivity contribution in [1.82, 2.24) is 0 Å². The second kappa shape index (κ2) is 5.15. The maximum absolute atomic E-state index is 5.44. The normalized spacial score (nSPS) is 8.10. The summed E-state index contributed by atoms with van der Waals surface area (Å²) >= 11 is 0. The fourth-order valence-corrected chi connectivity index (χ4v) is 0.623. The van der Waals surface area contributed by atoms with Crippen molar-refractivity contribution in [2.24, 2.45) is 0 Å². The van der Waals surface area contributed by atoms with Crippen LogP contribution in [0.15, 0.2) is 24.3 Å². The first-order valence-electron chi connectivity index (χ1n) is 2.78. The molecule has 0 unspecified atom stereocenters. The molecule has 1 rings (SSSR count). The molecule has 0 saturated heterocycles. The first kappa shape index (κ1) is 10.5. The van der Waals surface area contributed by atoms with Crippen LogP contribution in [0.25, 0.3) is 5.32 Å². The van der Waals surface area contributed by atoms with Gasteiger partial charge in [0.15, 0.2) is 0 Å². The van der Waals surface area contributed by atoms with E-state index in [1.54, 1.807) is 7.05 Å². The Labute approximate surface area is 104 Å². The Bertz CT molecular complexity index is 183. The second-order valence-corrected chi connectivity index (χ2v) is 1.82. The molecular formula is C7H9KN2. The Balaban J connectivity index is 0.000000810.